The predicted octanol–water partition coefficient (Wildman–Crippen LogP) is 4.86. The molecular formula is C25H18FN3O6. The summed E-state index contributed by atoms with van der Waals surface area (Å²) < 4.78 is 26.4. The smallest absolute Gasteiger partial charge is 0.255 e. The van der Waals surface area contributed by atoms with Gasteiger partial charge in [-0.2, -0.15) is 0 Å². The van der Waals surface area contributed by atoms with E-state index in [0.29, 0.717) is 50.9 Å². The molecule has 3 aromatic carbocycles. The van der Waals surface area contributed by atoms with E-state index in [1.807, 2.05) is 0 Å². The highest BCUT2D eigenvalue weighted by Gasteiger charge is 2.22. The first-order valence-corrected chi connectivity index (χ1v) is 10.6. The van der Waals surface area contributed by atoms with E-state index < -0.39 is 17.6 Å². The number of ether oxygens (including phenoxy) is 2. The molecular weight excluding hydrogens is 457 g/mol. The van der Waals surface area contributed by atoms with Gasteiger partial charge in [-0.05, 0) is 47.6 Å². The Hall–Kier alpha value is -4.57. The Morgan fingerprint density at radius 1 is 1.17 bits per heavy atom. The van der Waals surface area contributed by atoms with Crippen LogP contribution in [0.15, 0.2) is 59.8 Å². The van der Waals surface area contributed by atoms with Crippen LogP contribution in [-0.2, 0) is 17.9 Å². The number of halogens is 1. The van der Waals surface area contributed by atoms with Gasteiger partial charge in [-0.15, -0.1) is 4.91 Å². The van der Waals surface area contributed by atoms with E-state index in [-0.39, 0.29) is 25.6 Å². The topological polar surface area (TPSA) is 119 Å². The van der Waals surface area contributed by atoms with Crippen LogP contribution >= 0.6 is 0 Å². The first kappa shape index (κ1) is 22.2. The first-order chi connectivity index (χ1) is 17.0. The predicted molar refractivity (Wildman–Crippen MR) is 125 cm³/mol. The summed E-state index contributed by atoms with van der Waals surface area (Å²) in [5, 5.41) is 16.8. The van der Waals surface area contributed by atoms with Crippen LogP contribution in [0, 0.1) is 10.7 Å². The number of carbonyl (C=O) groups is 2. The summed E-state index contributed by atoms with van der Waals surface area (Å²) in [6.45, 7) is 0.168. The molecule has 4 aromatic rings. The van der Waals surface area contributed by atoms with Gasteiger partial charge >= 0.3 is 0 Å². The highest BCUT2D eigenvalue weighted by atomic mass is 19.1. The van der Waals surface area contributed by atoms with Crippen molar-refractivity contribution in [1.82, 2.24) is 4.57 Å². The standard InChI is InChI=1S/C25H18FN3O6/c26-18-7-16(23-17(8-18)12-34-13-35-23)10-29-21-9-19(5-6-20(21)22(28-33)25(29)32)27-24(31)15-3-1-14(11-30)2-4-15/h1-9,11,32H,10,12-13H2,(H,27,31). The third kappa shape index (κ3) is 4.11. The molecule has 0 unspecified atom stereocenters. The van der Waals surface area contributed by atoms with E-state index in [1.54, 1.807) is 18.2 Å². The van der Waals surface area contributed by atoms with Gasteiger partial charge in [0.25, 0.3) is 5.91 Å². The van der Waals surface area contributed by atoms with Gasteiger partial charge in [0.2, 0.25) is 5.88 Å². The van der Waals surface area contributed by atoms with Gasteiger partial charge in [0.05, 0.1) is 18.7 Å². The lowest BCUT2D eigenvalue weighted by molar-refractivity contribution is -0.0173. The summed E-state index contributed by atoms with van der Waals surface area (Å²) in [6, 6.07) is 13.4. The van der Waals surface area contributed by atoms with Gasteiger partial charge in [-0.3, -0.25) is 9.59 Å². The molecule has 1 amide bonds. The second kappa shape index (κ2) is 8.99. The number of fused-ring (bicyclic) bond motifs is 2. The number of aromatic nitrogens is 1. The summed E-state index contributed by atoms with van der Waals surface area (Å²) in [4.78, 5) is 35.0. The lowest BCUT2D eigenvalue weighted by Crippen LogP contribution is -2.15. The molecule has 5 rings (SSSR count). The van der Waals surface area contributed by atoms with Gasteiger partial charge in [-0.25, -0.2) is 4.39 Å². The van der Waals surface area contributed by atoms with E-state index in [1.165, 1.54) is 41.0 Å². The molecule has 0 aliphatic carbocycles. The molecule has 0 spiro atoms. The van der Waals surface area contributed by atoms with Crippen molar-refractivity contribution in [2.24, 2.45) is 5.18 Å². The van der Waals surface area contributed by atoms with Gasteiger partial charge in [0.1, 0.15) is 17.9 Å². The number of hydrogen-bond acceptors (Lipinski definition) is 7. The molecule has 9 nitrogen and oxygen atoms in total. The number of hydrogen-bond donors (Lipinski definition) is 2. The molecule has 176 valence electrons. The Kier molecular flexibility index (Phi) is 5.71. The molecule has 0 atom stereocenters. The quantitative estimate of drug-likeness (QED) is 0.304. The van der Waals surface area contributed by atoms with Crippen molar-refractivity contribution < 1.29 is 28.6 Å². The van der Waals surface area contributed by atoms with Crippen molar-refractivity contribution >= 4 is 34.5 Å². The molecule has 0 bridgehead atoms. The number of carbonyl (C=O) groups excluding carboxylic acids is 2. The second-order valence-electron chi connectivity index (χ2n) is 7.94. The maximum atomic E-state index is 14.2. The van der Waals surface area contributed by atoms with Crippen LogP contribution in [0.1, 0.15) is 31.8 Å². The van der Waals surface area contributed by atoms with Crippen molar-refractivity contribution in [3.05, 3.63) is 87.6 Å². The number of aldehydes is 1. The minimum absolute atomic E-state index is 0.00912. The Morgan fingerprint density at radius 2 is 1.97 bits per heavy atom. The summed E-state index contributed by atoms with van der Waals surface area (Å²) in [6.07, 6.45) is 0.683. The molecule has 0 saturated carbocycles. The molecule has 1 aliphatic rings. The molecule has 1 aromatic heterocycles. The lowest BCUT2D eigenvalue weighted by Gasteiger charge is -2.21. The van der Waals surface area contributed by atoms with Gasteiger partial charge in [0, 0.05) is 33.3 Å². The number of rotatable bonds is 6. The monoisotopic (exact) mass is 475 g/mol. The third-order valence-corrected chi connectivity index (χ3v) is 5.75. The van der Waals surface area contributed by atoms with Crippen molar-refractivity contribution in [2.45, 2.75) is 13.2 Å². The number of nitrogens with zero attached hydrogens (tertiary/aromatic N) is 2. The molecule has 35 heavy (non-hydrogen) atoms. The summed E-state index contributed by atoms with van der Waals surface area (Å²) in [5.74, 6) is -0.854. The van der Waals surface area contributed by atoms with Crippen LogP contribution in [0.5, 0.6) is 11.6 Å². The maximum Gasteiger partial charge on any atom is 0.255 e. The van der Waals surface area contributed by atoms with Crippen molar-refractivity contribution in [2.75, 3.05) is 12.1 Å². The van der Waals surface area contributed by atoms with Crippen LogP contribution in [0.2, 0.25) is 0 Å². The zero-order valence-corrected chi connectivity index (χ0v) is 18.2. The van der Waals surface area contributed by atoms with Crippen molar-refractivity contribution in [1.29, 1.82) is 0 Å². The van der Waals surface area contributed by atoms with E-state index >= 15 is 0 Å². The molecule has 0 fully saturated rings. The minimum atomic E-state index is -0.494. The van der Waals surface area contributed by atoms with E-state index in [4.69, 9.17) is 9.47 Å². The number of amides is 1. The Morgan fingerprint density at radius 3 is 2.71 bits per heavy atom. The summed E-state index contributed by atoms with van der Waals surface area (Å²) >= 11 is 0. The van der Waals surface area contributed by atoms with Crippen molar-refractivity contribution in [3.8, 4) is 11.6 Å². The van der Waals surface area contributed by atoms with Gasteiger partial charge < -0.3 is 24.5 Å². The fourth-order valence-electron chi connectivity index (χ4n) is 4.11. The fourth-order valence-corrected chi connectivity index (χ4v) is 4.11. The zero-order valence-electron chi connectivity index (χ0n) is 18.2. The molecule has 0 saturated heterocycles. The average molecular weight is 475 g/mol. The molecule has 2 N–H and O–H groups in total. The molecule has 10 heteroatoms. The summed E-state index contributed by atoms with van der Waals surface area (Å²) in [7, 11) is 0. The average Bonchev–Trinajstić information content (AvgIpc) is 3.13. The van der Waals surface area contributed by atoms with Crippen LogP contribution < -0.4 is 10.1 Å². The van der Waals surface area contributed by atoms with E-state index in [0.717, 1.165) is 0 Å². The van der Waals surface area contributed by atoms with E-state index in [9.17, 15) is 24.0 Å². The minimum Gasteiger partial charge on any atom is -0.493 e. The van der Waals surface area contributed by atoms with Gasteiger partial charge in [-0.1, -0.05) is 12.1 Å². The number of anilines is 1. The fraction of sp³-hybridized carbons (Fsp3) is 0.120. The largest absolute Gasteiger partial charge is 0.493 e. The number of nitroso groups, excluding NO2 is 1. The van der Waals surface area contributed by atoms with Crippen LogP contribution in [-0.4, -0.2) is 28.7 Å². The Bertz CT molecular complexity index is 1480. The molecule has 0 radical (unpaired) electrons. The highest BCUT2D eigenvalue weighted by Crippen LogP contribution is 2.41. The normalized spacial score (nSPS) is 12.6. The third-order valence-electron chi connectivity index (χ3n) is 5.75. The molecule has 2 heterocycles. The summed E-state index contributed by atoms with van der Waals surface area (Å²) in [5.41, 5.74) is 2.38. The Balaban J connectivity index is 1.53. The number of aromatic hydroxyl groups is 1. The lowest BCUT2D eigenvalue weighted by atomic mass is 10.1. The number of nitrogens with one attached hydrogen (secondary N) is 1. The second-order valence-corrected chi connectivity index (χ2v) is 7.94. The number of benzene rings is 3. The van der Waals surface area contributed by atoms with E-state index in [2.05, 4.69) is 10.5 Å². The Labute approximate surface area is 197 Å². The highest BCUT2D eigenvalue weighted by molar-refractivity contribution is 6.06. The van der Waals surface area contributed by atoms with Crippen LogP contribution in [0.4, 0.5) is 15.8 Å². The first-order valence-electron chi connectivity index (χ1n) is 10.6. The molecule has 1 aliphatic heterocycles. The SMILES string of the molecule is O=Cc1ccc(C(=O)Nc2ccc3c(N=O)c(O)n(Cc4cc(F)cc5c4OCOC5)c3c2)cc1. The maximum absolute atomic E-state index is 14.2. The van der Waals surface area contributed by atoms with Gasteiger partial charge in [0.15, 0.2) is 12.5 Å². The van der Waals surface area contributed by atoms with Crippen molar-refractivity contribution in [3.63, 3.8) is 0 Å². The zero-order chi connectivity index (χ0) is 24.5. The van der Waals surface area contributed by atoms with Crippen LogP contribution in [0.3, 0.4) is 0 Å². The van der Waals surface area contributed by atoms with Crippen LogP contribution in [0.25, 0.3) is 10.9 Å².